The maximum atomic E-state index is 6.08. The lowest BCUT2D eigenvalue weighted by Gasteiger charge is -2.32. The van der Waals surface area contributed by atoms with Crippen molar-refractivity contribution < 1.29 is 9.31 Å². The maximum absolute atomic E-state index is 6.08. The third-order valence-corrected chi connectivity index (χ3v) is 4.02. The van der Waals surface area contributed by atoms with Crippen LogP contribution in [0.15, 0.2) is 18.1 Å². The molecule has 1 aromatic heterocycles. The zero-order chi connectivity index (χ0) is 14.3. The average molecular weight is 280 g/mol. The second-order valence-corrected chi connectivity index (χ2v) is 6.17. The Morgan fingerprint density at radius 1 is 1.16 bits per heavy atom. The molecule has 0 spiro atoms. The van der Waals surface area contributed by atoms with E-state index in [-0.39, 0.29) is 18.3 Å². The van der Waals surface area contributed by atoms with Crippen molar-refractivity contribution in [3.05, 3.63) is 34.5 Å². The van der Waals surface area contributed by atoms with Gasteiger partial charge >= 0.3 is 7.12 Å². The highest BCUT2D eigenvalue weighted by Crippen LogP contribution is 2.37. The summed E-state index contributed by atoms with van der Waals surface area (Å²) < 4.78 is 11.8. The van der Waals surface area contributed by atoms with E-state index in [2.05, 4.69) is 4.98 Å². The summed E-state index contributed by atoms with van der Waals surface area (Å²) >= 11 is 6.08. The topological polar surface area (TPSA) is 31.4 Å². The molecule has 5 heteroatoms. The predicted octanol–water partition coefficient (Wildman–Crippen LogP) is 3.69. The van der Waals surface area contributed by atoms with Crippen LogP contribution in [-0.4, -0.2) is 23.3 Å². The molecule has 1 aliphatic rings. The van der Waals surface area contributed by atoms with Crippen molar-refractivity contribution in [2.75, 3.05) is 0 Å². The van der Waals surface area contributed by atoms with Crippen molar-refractivity contribution in [2.24, 2.45) is 0 Å². The molecule has 0 N–H and O–H groups in total. The van der Waals surface area contributed by atoms with Crippen LogP contribution in [0.4, 0.5) is 0 Å². The minimum absolute atomic E-state index is 0.322. The molecular weight excluding hydrogens is 260 g/mol. The molecule has 1 aromatic rings. The van der Waals surface area contributed by atoms with E-state index in [1.807, 2.05) is 58.8 Å². The summed E-state index contributed by atoms with van der Waals surface area (Å²) in [5, 5.41) is 0.493. The lowest BCUT2D eigenvalue weighted by atomic mass is 9.89. The normalized spacial score (nSPS) is 21.3. The second kappa shape index (κ2) is 4.93. The standard InChI is InChI=1S/C14H19BClNO2/c1-10-6-7-11(12(16)17-10)8-9-15-18-13(2,3)14(4,5)19-15/h6-9H,1-5H3/b9-8+. The van der Waals surface area contributed by atoms with E-state index in [1.54, 1.807) is 0 Å². The Hall–Kier alpha value is -0.835. The van der Waals surface area contributed by atoms with E-state index in [0.717, 1.165) is 11.3 Å². The third-order valence-electron chi connectivity index (χ3n) is 3.72. The summed E-state index contributed by atoms with van der Waals surface area (Å²) in [5.74, 6) is 1.87. The fourth-order valence-corrected chi connectivity index (χ4v) is 2.07. The van der Waals surface area contributed by atoms with Gasteiger partial charge in [-0.15, -0.1) is 0 Å². The van der Waals surface area contributed by atoms with Crippen LogP contribution >= 0.6 is 11.6 Å². The molecule has 1 saturated heterocycles. The minimum Gasteiger partial charge on any atom is -0.400 e. The Kier molecular flexibility index (Phi) is 3.78. The molecular formula is C14H19BClNO2. The molecule has 0 aromatic carbocycles. The molecule has 0 bridgehead atoms. The molecule has 3 nitrogen and oxygen atoms in total. The van der Waals surface area contributed by atoms with Gasteiger partial charge in [-0.2, -0.15) is 0 Å². The van der Waals surface area contributed by atoms with Gasteiger partial charge in [0.05, 0.1) is 11.2 Å². The van der Waals surface area contributed by atoms with Gasteiger partial charge in [0.2, 0.25) is 0 Å². The average Bonchev–Trinajstić information content (AvgIpc) is 2.46. The highest BCUT2D eigenvalue weighted by molar-refractivity contribution is 6.52. The van der Waals surface area contributed by atoms with Gasteiger partial charge in [-0.1, -0.05) is 29.7 Å². The quantitative estimate of drug-likeness (QED) is 0.611. The molecule has 19 heavy (non-hydrogen) atoms. The van der Waals surface area contributed by atoms with E-state index in [0.29, 0.717) is 5.15 Å². The monoisotopic (exact) mass is 279 g/mol. The highest BCUT2D eigenvalue weighted by Gasteiger charge is 2.49. The number of nitrogens with zero attached hydrogens (tertiary/aromatic N) is 1. The number of hydrogen-bond donors (Lipinski definition) is 0. The van der Waals surface area contributed by atoms with Crippen molar-refractivity contribution in [2.45, 2.75) is 45.8 Å². The molecule has 0 amide bonds. The van der Waals surface area contributed by atoms with Gasteiger partial charge in [-0.3, -0.25) is 0 Å². The van der Waals surface area contributed by atoms with Crippen molar-refractivity contribution in [1.29, 1.82) is 0 Å². The van der Waals surface area contributed by atoms with Crippen molar-refractivity contribution >= 4 is 24.8 Å². The van der Waals surface area contributed by atoms with Gasteiger partial charge < -0.3 is 9.31 Å². The molecule has 1 aliphatic heterocycles. The fourth-order valence-electron chi connectivity index (χ4n) is 1.81. The van der Waals surface area contributed by atoms with Crippen LogP contribution in [0, 0.1) is 6.92 Å². The zero-order valence-electron chi connectivity index (χ0n) is 12.0. The number of pyridine rings is 1. The summed E-state index contributed by atoms with van der Waals surface area (Å²) in [6, 6.07) is 3.86. The van der Waals surface area contributed by atoms with Gasteiger partial charge in [-0.05, 0) is 40.7 Å². The smallest absolute Gasteiger partial charge is 0.400 e. The Bertz CT molecular complexity index is 498. The van der Waals surface area contributed by atoms with E-state index >= 15 is 0 Å². The number of rotatable bonds is 2. The number of aryl methyl sites for hydroxylation is 1. The minimum atomic E-state index is -0.359. The van der Waals surface area contributed by atoms with Crippen LogP contribution in [0.5, 0.6) is 0 Å². The van der Waals surface area contributed by atoms with E-state index in [4.69, 9.17) is 20.9 Å². The summed E-state index contributed by atoms with van der Waals surface area (Å²) in [6.45, 7) is 10.0. The Morgan fingerprint density at radius 3 is 2.26 bits per heavy atom. The third kappa shape index (κ3) is 3.02. The molecule has 0 atom stereocenters. The van der Waals surface area contributed by atoms with Crippen LogP contribution in [0.3, 0.4) is 0 Å². The number of halogens is 1. The van der Waals surface area contributed by atoms with E-state index < -0.39 is 0 Å². The van der Waals surface area contributed by atoms with Gasteiger partial charge in [0.15, 0.2) is 0 Å². The molecule has 0 radical (unpaired) electrons. The number of hydrogen-bond acceptors (Lipinski definition) is 3. The first kappa shape index (κ1) is 14.6. The van der Waals surface area contributed by atoms with Crippen LogP contribution in [0.2, 0.25) is 5.15 Å². The summed E-state index contributed by atoms with van der Waals surface area (Å²) in [4.78, 5) is 4.21. The first-order valence-corrected chi connectivity index (χ1v) is 6.76. The second-order valence-electron chi connectivity index (χ2n) is 5.82. The Morgan fingerprint density at radius 2 is 1.74 bits per heavy atom. The maximum Gasteiger partial charge on any atom is 0.487 e. The predicted molar refractivity (Wildman–Crippen MR) is 79.1 cm³/mol. The van der Waals surface area contributed by atoms with E-state index in [9.17, 15) is 0 Å². The Labute approximate surface area is 120 Å². The van der Waals surface area contributed by atoms with E-state index in [1.165, 1.54) is 0 Å². The molecule has 0 saturated carbocycles. The van der Waals surface area contributed by atoms with Crippen LogP contribution in [0.1, 0.15) is 39.0 Å². The fraction of sp³-hybridized carbons (Fsp3) is 0.500. The number of aromatic nitrogens is 1. The molecule has 2 heterocycles. The van der Waals surface area contributed by atoms with Crippen molar-refractivity contribution in [3.63, 3.8) is 0 Å². The SMILES string of the molecule is Cc1ccc(/C=C/B2OC(C)(C)C(C)(C)O2)c(Cl)n1. The van der Waals surface area contributed by atoms with Gasteiger partial charge in [-0.25, -0.2) is 4.98 Å². The molecule has 0 unspecified atom stereocenters. The van der Waals surface area contributed by atoms with Gasteiger partial charge in [0, 0.05) is 11.3 Å². The lowest BCUT2D eigenvalue weighted by molar-refractivity contribution is 0.00578. The molecule has 0 aliphatic carbocycles. The molecule has 1 fully saturated rings. The highest BCUT2D eigenvalue weighted by atomic mass is 35.5. The van der Waals surface area contributed by atoms with Crippen LogP contribution in [0.25, 0.3) is 6.08 Å². The largest absolute Gasteiger partial charge is 0.487 e. The van der Waals surface area contributed by atoms with Crippen molar-refractivity contribution in [3.8, 4) is 0 Å². The summed E-state index contributed by atoms with van der Waals surface area (Å²) in [6.07, 6.45) is 1.89. The summed E-state index contributed by atoms with van der Waals surface area (Å²) in [5.41, 5.74) is 1.12. The van der Waals surface area contributed by atoms with Crippen molar-refractivity contribution in [1.82, 2.24) is 4.98 Å². The summed E-state index contributed by atoms with van der Waals surface area (Å²) in [7, 11) is -0.359. The van der Waals surface area contributed by atoms with Gasteiger partial charge in [0.25, 0.3) is 0 Å². The first-order chi connectivity index (χ1) is 8.71. The van der Waals surface area contributed by atoms with Crippen LogP contribution in [-0.2, 0) is 9.31 Å². The van der Waals surface area contributed by atoms with Gasteiger partial charge in [0.1, 0.15) is 5.15 Å². The molecule has 2 rings (SSSR count). The Balaban J connectivity index is 2.13. The molecule has 102 valence electrons. The zero-order valence-corrected chi connectivity index (χ0v) is 12.8. The lowest BCUT2D eigenvalue weighted by Crippen LogP contribution is -2.41. The first-order valence-electron chi connectivity index (χ1n) is 6.38. The van der Waals surface area contributed by atoms with Crippen LogP contribution < -0.4 is 0 Å².